The van der Waals surface area contributed by atoms with E-state index >= 15 is 0 Å². The molecule has 0 aliphatic carbocycles. The van der Waals surface area contributed by atoms with Crippen molar-refractivity contribution in [2.45, 2.75) is 226 Å². The maximum atomic E-state index is 12.8. The van der Waals surface area contributed by atoms with Crippen LogP contribution >= 0.6 is 0 Å². The summed E-state index contributed by atoms with van der Waals surface area (Å²) in [5.41, 5.74) is 0. The summed E-state index contributed by atoms with van der Waals surface area (Å²) >= 11 is 0. The van der Waals surface area contributed by atoms with Gasteiger partial charge in [0.25, 0.3) is 0 Å². The zero-order valence-electron chi connectivity index (χ0n) is 47.0. The van der Waals surface area contributed by atoms with Gasteiger partial charge in [-0.25, -0.2) is 0 Å². The van der Waals surface area contributed by atoms with Gasteiger partial charge in [0, 0.05) is 19.3 Å². The maximum absolute atomic E-state index is 12.8. The lowest BCUT2D eigenvalue weighted by Crippen LogP contribution is -2.30. The quantitative estimate of drug-likeness (QED) is 0.0261. The van der Waals surface area contributed by atoms with E-state index in [0.29, 0.717) is 19.3 Å². The van der Waals surface area contributed by atoms with Crippen LogP contribution in [0.5, 0.6) is 0 Å². The normalized spacial score (nSPS) is 13.4. The Labute approximate surface area is 453 Å². The van der Waals surface area contributed by atoms with Crippen molar-refractivity contribution in [1.29, 1.82) is 0 Å². The molecule has 0 aromatic heterocycles. The van der Waals surface area contributed by atoms with Crippen LogP contribution in [0.3, 0.4) is 0 Å². The molecule has 1 unspecified atom stereocenters. The van der Waals surface area contributed by atoms with Crippen molar-refractivity contribution in [3.8, 4) is 0 Å². The molecule has 0 spiro atoms. The molecule has 0 fully saturated rings. The summed E-state index contributed by atoms with van der Waals surface area (Å²) < 4.78 is 16.7. The lowest BCUT2D eigenvalue weighted by molar-refractivity contribution is -0.166. The maximum Gasteiger partial charge on any atom is 0.306 e. The fraction of sp³-hybridized carbons (Fsp3) is 0.544. The number of esters is 3. The zero-order chi connectivity index (χ0) is 53.6. The van der Waals surface area contributed by atoms with Crippen LogP contribution in [0.15, 0.2) is 170 Å². The monoisotopic (exact) mass is 1020 g/mol. The van der Waals surface area contributed by atoms with Crippen molar-refractivity contribution in [3.63, 3.8) is 0 Å². The minimum atomic E-state index is -0.839. The second-order valence-corrected chi connectivity index (χ2v) is 18.4. The Morgan fingerprint density at radius 1 is 0.284 bits per heavy atom. The van der Waals surface area contributed by atoms with Gasteiger partial charge in [-0.15, -0.1) is 0 Å². The third kappa shape index (κ3) is 57.7. The minimum absolute atomic E-state index is 0.126. The second-order valence-electron chi connectivity index (χ2n) is 18.4. The van der Waals surface area contributed by atoms with Crippen molar-refractivity contribution in [2.24, 2.45) is 0 Å². The molecule has 0 bridgehead atoms. The fourth-order valence-corrected chi connectivity index (χ4v) is 7.19. The second kappa shape index (κ2) is 60.3. The third-order valence-corrected chi connectivity index (χ3v) is 11.5. The Morgan fingerprint density at radius 2 is 0.554 bits per heavy atom. The first-order valence-electron chi connectivity index (χ1n) is 29.1. The molecule has 6 heteroatoms. The van der Waals surface area contributed by atoms with Crippen molar-refractivity contribution in [3.05, 3.63) is 170 Å². The largest absolute Gasteiger partial charge is 0.462 e. The van der Waals surface area contributed by atoms with E-state index < -0.39 is 12.1 Å². The predicted octanol–water partition coefficient (Wildman–Crippen LogP) is 19.9. The highest BCUT2D eigenvalue weighted by molar-refractivity contribution is 5.71. The topological polar surface area (TPSA) is 78.9 Å². The molecule has 0 N–H and O–H groups in total. The summed E-state index contributed by atoms with van der Waals surface area (Å²) in [5.74, 6) is -1.07. The Bertz CT molecular complexity index is 1740. The summed E-state index contributed by atoms with van der Waals surface area (Å²) in [6, 6.07) is 0. The summed E-state index contributed by atoms with van der Waals surface area (Å²) in [7, 11) is 0. The Morgan fingerprint density at radius 3 is 0.878 bits per heavy atom. The molecule has 74 heavy (non-hydrogen) atoms. The Balaban J connectivity index is 4.37. The van der Waals surface area contributed by atoms with Crippen LogP contribution < -0.4 is 0 Å². The molecule has 0 rings (SSSR count). The van der Waals surface area contributed by atoms with E-state index in [1.165, 1.54) is 44.9 Å². The van der Waals surface area contributed by atoms with Crippen LogP contribution in [-0.2, 0) is 28.6 Å². The standard InChI is InChI=1S/C68H104O6/c1-4-7-10-13-16-19-22-24-25-26-27-28-29-30-31-32-33-34-35-36-37-38-39-40-41-42-43-45-46-49-52-55-58-61-67(70)73-64-65(63-72-66(69)60-57-54-51-48-21-18-15-12-9-6-3)74-68(71)62-59-56-53-50-47-44-23-20-17-14-11-8-5-2/h7-8,10-11,16-17,19-20,24-25,27-28,30-31,33-34,36-37,39-40,42-44,46-47,49,53,56,65H,4-6,9,12-15,18,21-23,26,29,32,35,38,41,45,48,50-52,54-55,57-64H2,1-3H3/b10-7-,11-8-,19-16-,20-17-,25-24-,28-27-,31-30-,34-33-,37-36-,40-39-,43-42-,47-44-,49-46-,56-53-. The number of allylic oxidation sites excluding steroid dienone is 28. The zero-order valence-corrected chi connectivity index (χ0v) is 47.0. The first-order valence-corrected chi connectivity index (χ1v) is 29.1. The highest BCUT2D eigenvalue weighted by Gasteiger charge is 2.19. The molecule has 0 aliphatic rings. The number of hydrogen-bond donors (Lipinski definition) is 0. The molecule has 0 heterocycles. The van der Waals surface area contributed by atoms with Gasteiger partial charge in [0.2, 0.25) is 0 Å². The van der Waals surface area contributed by atoms with E-state index in [2.05, 4.69) is 179 Å². The van der Waals surface area contributed by atoms with Crippen LogP contribution in [0, 0.1) is 0 Å². The Kier molecular flexibility index (Phi) is 56.1. The average molecular weight is 1020 g/mol. The van der Waals surface area contributed by atoms with Crippen molar-refractivity contribution in [1.82, 2.24) is 0 Å². The summed E-state index contributed by atoms with van der Waals surface area (Å²) in [6.45, 7) is 6.27. The number of carbonyl (C=O) groups is 3. The van der Waals surface area contributed by atoms with Crippen LogP contribution in [-0.4, -0.2) is 37.2 Å². The molecular formula is C68H104O6. The van der Waals surface area contributed by atoms with E-state index in [4.69, 9.17) is 14.2 Å². The van der Waals surface area contributed by atoms with E-state index in [0.717, 1.165) is 122 Å². The fourth-order valence-electron chi connectivity index (χ4n) is 7.19. The summed E-state index contributed by atoms with van der Waals surface area (Å²) in [4.78, 5) is 37.9. The molecule has 0 aliphatic heterocycles. The molecule has 0 radical (unpaired) electrons. The van der Waals surface area contributed by atoms with Gasteiger partial charge in [0.1, 0.15) is 13.2 Å². The van der Waals surface area contributed by atoms with Crippen molar-refractivity contribution < 1.29 is 28.6 Å². The molecule has 412 valence electrons. The highest BCUT2D eigenvalue weighted by atomic mass is 16.6. The van der Waals surface area contributed by atoms with E-state index in [1.54, 1.807) is 0 Å². The summed E-state index contributed by atoms with van der Waals surface area (Å²) in [6.07, 6.45) is 89.5. The minimum Gasteiger partial charge on any atom is -0.462 e. The van der Waals surface area contributed by atoms with E-state index in [-0.39, 0.29) is 38.0 Å². The number of unbranched alkanes of at least 4 members (excludes halogenated alkanes) is 11. The lowest BCUT2D eigenvalue weighted by atomic mass is 10.1. The molecule has 0 aromatic rings. The highest BCUT2D eigenvalue weighted by Crippen LogP contribution is 2.13. The van der Waals surface area contributed by atoms with Gasteiger partial charge < -0.3 is 14.2 Å². The van der Waals surface area contributed by atoms with Gasteiger partial charge in [-0.3, -0.25) is 14.4 Å². The van der Waals surface area contributed by atoms with Crippen LogP contribution in [0.2, 0.25) is 0 Å². The van der Waals surface area contributed by atoms with Gasteiger partial charge in [-0.1, -0.05) is 249 Å². The van der Waals surface area contributed by atoms with Gasteiger partial charge >= 0.3 is 17.9 Å². The van der Waals surface area contributed by atoms with Gasteiger partial charge in [-0.2, -0.15) is 0 Å². The smallest absolute Gasteiger partial charge is 0.306 e. The third-order valence-electron chi connectivity index (χ3n) is 11.5. The molecule has 0 saturated carbocycles. The molecule has 0 amide bonds. The average Bonchev–Trinajstić information content (AvgIpc) is 3.40. The van der Waals surface area contributed by atoms with Gasteiger partial charge in [-0.05, 0) is 122 Å². The number of rotatable bonds is 50. The SMILES string of the molecule is CC/C=C\C/C=C\C/C=C\C/C=C\C/C=C\C/C=C\C/C=C\C/C=C\C/C=C\C/C=C\CCCCC(=O)OCC(COC(=O)CCCCCCCCCCCC)OC(=O)CC/C=C\C/C=C\C/C=C\C/C=C\CC. The number of ether oxygens (including phenoxy) is 3. The molecule has 0 saturated heterocycles. The van der Waals surface area contributed by atoms with Crippen LogP contribution in [0.1, 0.15) is 220 Å². The van der Waals surface area contributed by atoms with Crippen LogP contribution in [0.25, 0.3) is 0 Å². The van der Waals surface area contributed by atoms with Crippen molar-refractivity contribution in [2.75, 3.05) is 13.2 Å². The molecular weight excluding hydrogens is 913 g/mol. The molecule has 6 nitrogen and oxygen atoms in total. The predicted molar refractivity (Wildman–Crippen MR) is 320 cm³/mol. The number of carbonyl (C=O) groups excluding carboxylic acids is 3. The lowest BCUT2D eigenvalue weighted by Gasteiger charge is -2.18. The molecule has 1 atom stereocenters. The molecule has 0 aromatic carbocycles. The van der Waals surface area contributed by atoms with Crippen molar-refractivity contribution >= 4 is 17.9 Å². The van der Waals surface area contributed by atoms with Crippen LogP contribution in [0.4, 0.5) is 0 Å². The van der Waals surface area contributed by atoms with E-state index in [1.807, 2.05) is 12.2 Å². The van der Waals surface area contributed by atoms with Gasteiger partial charge in [0.05, 0.1) is 0 Å². The first-order chi connectivity index (χ1) is 36.5. The first kappa shape index (κ1) is 68.8. The Hall–Kier alpha value is -5.23. The number of hydrogen-bond acceptors (Lipinski definition) is 6. The van der Waals surface area contributed by atoms with E-state index in [9.17, 15) is 14.4 Å². The summed E-state index contributed by atoms with van der Waals surface area (Å²) in [5, 5.41) is 0. The van der Waals surface area contributed by atoms with Gasteiger partial charge in [0.15, 0.2) is 6.10 Å².